The van der Waals surface area contributed by atoms with E-state index in [2.05, 4.69) is 0 Å². The monoisotopic (exact) mass is 242 g/mol. The third-order valence-electron chi connectivity index (χ3n) is 4.55. The quantitative estimate of drug-likeness (QED) is 0.824. The normalized spacial score (nSPS) is 21.3. The molecule has 0 atom stereocenters. The summed E-state index contributed by atoms with van der Waals surface area (Å²) in [5.74, 6) is 0.150. The van der Waals surface area contributed by atoms with Crippen molar-refractivity contribution in [1.82, 2.24) is 0 Å². The number of ketones is 1. The van der Waals surface area contributed by atoms with Crippen LogP contribution in [0.5, 0.6) is 0 Å². The highest BCUT2D eigenvalue weighted by Crippen LogP contribution is 2.44. The van der Waals surface area contributed by atoms with Crippen LogP contribution in [0.25, 0.3) is 0 Å². The average Bonchev–Trinajstić information content (AvgIpc) is 2.28. The Hall–Kier alpha value is -0.410. The van der Waals surface area contributed by atoms with Gasteiger partial charge in [-0.05, 0) is 6.42 Å². The van der Waals surface area contributed by atoms with Crippen LogP contribution in [0.15, 0.2) is 0 Å². The first-order valence-electron chi connectivity index (χ1n) is 6.52. The second-order valence-corrected chi connectivity index (χ2v) is 6.34. The van der Waals surface area contributed by atoms with Crippen LogP contribution in [-0.4, -0.2) is 29.7 Å². The molecule has 0 aromatic rings. The molecule has 1 N–H and O–H groups in total. The largest absolute Gasteiger partial charge is 0.389 e. The standard InChI is InChI=1S/C14H26O3/c1-6-12(2,3)11(15)13(4,5)14(16)7-9-17-10-8-14/h16H,6-10H2,1-5H3. The highest BCUT2D eigenvalue weighted by atomic mass is 16.5. The molecule has 1 saturated heterocycles. The Morgan fingerprint density at radius 1 is 1.24 bits per heavy atom. The molecule has 0 spiro atoms. The van der Waals surface area contributed by atoms with Crippen LogP contribution < -0.4 is 0 Å². The molecule has 3 heteroatoms. The highest BCUT2D eigenvalue weighted by Gasteiger charge is 2.52. The number of carbonyl (C=O) groups is 1. The Morgan fingerprint density at radius 3 is 2.12 bits per heavy atom. The zero-order valence-corrected chi connectivity index (χ0v) is 11.8. The van der Waals surface area contributed by atoms with Crippen LogP contribution in [0.4, 0.5) is 0 Å². The van der Waals surface area contributed by atoms with Crippen LogP contribution in [-0.2, 0) is 9.53 Å². The van der Waals surface area contributed by atoms with Crippen molar-refractivity contribution in [1.29, 1.82) is 0 Å². The van der Waals surface area contributed by atoms with E-state index in [9.17, 15) is 9.90 Å². The molecule has 0 saturated carbocycles. The predicted octanol–water partition coefficient (Wildman–Crippen LogP) is 2.56. The molecule has 1 heterocycles. The number of rotatable bonds is 4. The van der Waals surface area contributed by atoms with Crippen molar-refractivity contribution < 1.29 is 14.6 Å². The molecule has 0 radical (unpaired) electrons. The zero-order valence-electron chi connectivity index (χ0n) is 11.8. The molecular weight excluding hydrogens is 216 g/mol. The first-order chi connectivity index (χ1) is 7.67. The fraction of sp³-hybridized carbons (Fsp3) is 0.929. The second kappa shape index (κ2) is 4.69. The van der Waals surface area contributed by atoms with E-state index in [1.807, 2.05) is 34.6 Å². The van der Waals surface area contributed by atoms with Crippen LogP contribution in [0.2, 0.25) is 0 Å². The van der Waals surface area contributed by atoms with Gasteiger partial charge in [0.2, 0.25) is 0 Å². The first kappa shape index (κ1) is 14.7. The van der Waals surface area contributed by atoms with Gasteiger partial charge in [0.1, 0.15) is 5.78 Å². The van der Waals surface area contributed by atoms with Crippen LogP contribution in [0.1, 0.15) is 53.9 Å². The first-order valence-corrected chi connectivity index (χ1v) is 6.52. The van der Waals surface area contributed by atoms with E-state index in [0.29, 0.717) is 26.1 Å². The number of ether oxygens (including phenoxy) is 1. The number of hydrogen-bond donors (Lipinski definition) is 1. The third-order valence-corrected chi connectivity index (χ3v) is 4.55. The van der Waals surface area contributed by atoms with Crippen molar-refractivity contribution >= 4 is 5.78 Å². The van der Waals surface area contributed by atoms with Gasteiger partial charge in [0.15, 0.2) is 0 Å². The minimum atomic E-state index is -0.922. The smallest absolute Gasteiger partial charge is 0.146 e. The molecule has 0 bridgehead atoms. The van der Waals surface area contributed by atoms with Gasteiger partial charge in [-0.15, -0.1) is 0 Å². The molecule has 1 rings (SSSR count). The van der Waals surface area contributed by atoms with Gasteiger partial charge in [-0.3, -0.25) is 4.79 Å². The summed E-state index contributed by atoms with van der Waals surface area (Å²) in [5, 5.41) is 10.7. The SMILES string of the molecule is CCC(C)(C)C(=O)C(C)(C)C1(O)CCOCC1. The Balaban J connectivity index is 2.97. The lowest BCUT2D eigenvalue weighted by atomic mass is 9.62. The topological polar surface area (TPSA) is 46.5 Å². The molecule has 1 aliphatic heterocycles. The number of Topliss-reactive ketones (excluding diaryl/α,β-unsaturated/α-hetero) is 1. The molecule has 0 amide bonds. The number of aliphatic hydroxyl groups is 1. The van der Waals surface area contributed by atoms with Crippen molar-refractivity contribution in [3.05, 3.63) is 0 Å². The van der Waals surface area contributed by atoms with Gasteiger partial charge >= 0.3 is 0 Å². The summed E-state index contributed by atoms with van der Waals surface area (Å²) in [7, 11) is 0. The van der Waals surface area contributed by atoms with Gasteiger partial charge in [-0.1, -0.05) is 34.6 Å². The molecule has 0 unspecified atom stereocenters. The summed E-state index contributed by atoms with van der Waals surface area (Å²) >= 11 is 0. The third kappa shape index (κ3) is 2.55. The van der Waals surface area contributed by atoms with Crippen LogP contribution in [0.3, 0.4) is 0 Å². The summed E-state index contributed by atoms with van der Waals surface area (Å²) in [5.41, 5.74) is -2.01. The van der Waals surface area contributed by atoms with Crippen molar-refractivity contribution in [3.63, 3.8) is 0 Å². The van der Waals surface area contributed by atoms with Crippen molar-refractivity contribution in [2.24, 2.45) is 10.8 Å². The van der Waals surface area contributed by atoms with E-state index in [-0.39, 0.29) is 11.2 Å². The Morgan fingerprint density at radius 2 is 1.71 bits per heavy atom. The van der Waals surface area contributed by atoms with Gasteiger partial charge in [0.05, 0.1) is 11.0 Å². The highest BCUT2D eigenvalue weighted by molar-refractivity contribution is 5.90. The fourth-order valence-corrected chi connectivity index (χ4v) is 2.55. The van der Waals surface area contributed by atoms with E-state index in [1.54, 1.807) is 0 Å². The summed E-state index contributed by atoms with van der Waals surface area (Å²) in [6.45, 7) is 10.8. The predicted molar refractivity (Wildman–Crippen MR) is 67.9 cm³/mol. The molecule has 0 aromatic heterocycles. The molecule has 0 aromatic carbocycles. The molecular formula is C14H26O3. The maximum atomic E-state index is 12.6. The van der Waals surface area contributed by atoms with Gasteiger partial charge in [-0.2, -0.15) is 0 Å². The van der Waals surface area contributed by atoms with E-state index < -0.39 is 11.0 Å². The Labute approximate surface area is 105 Å². The molecule has 3 nitrogen and oxygen atoms in total. The van der Waals surface area contributed by atoms with E-state index in [1.165, 1.54) is 0 Å². The maximum Gasteiger partial charge on any atom is 0.146 e. The minimum Gasteiger partial charge on any atom is -0.389 e. The van der Waals surface area contributed by atoms with Gasteiger partial charge < -0.3 is 9.84 Å². The lowest BCUT2D eigenvalue weighted by Gasteiger charge is -2.46. The molecule has 1 aliphatic rings. The van der Waals surface area contributed by atoms with Gasteiger partial charge in [0, 0.05) is 31.5 Å². The van der Waals surface area contributed by atoms with E-state index in [0.717, 1.165) is 6.42 Å². The average molecular weight is 242 g/mol. The molecule has 0 aliphatic carbocycles. The van der Waals surface area contributed by atoms with E-state index in [4.69, 9.17) is 4.74 Å². The summed E-state index contributed by atoms with van der Waals surface area (Å²) in [6.07, 6.45) is 1.89. The molecule has 100 valence electrons. The lowest BCUT2D eigenvalue weighted by molar-refractivity contribution is -0.167. The summed E-state index contributed by atoms with van der Waals surface area (Å²) < 4.78 is 5.28. The zero-order chi connectivity index (χ0) is 13.3. The molecule has 17 heavy (non-hydrogen) atoms. The number of carbonyl (C=O) groups excluding carboxylic acids is 1. The van der Waals surface area contributed by atoms with Crippen molar-refractivity contribution in [3.8, 4) is 0 Å². The lowest BCUT2D eigenvalue weighted by Crippen LogP contribution is -2.55. The van der Waals surface area contributed by atoms with E-state index >= 15 is 0 Å². The van der Waals surface area contributed by atoms with Gasteiger partial charge in [0.25, 0.3) is 0 Å². The van der Waals surface area contributed by atoms with Crippen molar-refractivity contribution in [2.75, 3.05) is 13.2 Å². The fourth-order valence-electron chi connectivity index (χ4n) is 2.55. The van der Waals surface area contributed by atoms with Crippen molar-refractivity contribution in [2.45, 2.75) is 59.5 Å². The van der Waals surface area contributed by atoms with Gasteiger partial charge in [-0.25, -0.2) is 0 Å². The second-order valence-electron chi connectivity index (χ2n) is 6.34. The maximum absolute atomic E-state index is 12.6. The van der Waals surface area contributed by atoms with Crippen LogP contribution >= 0.6 is 0 Å². The Kier molecular flexibility index (Phi) is 4.04. The minimum absolute atomic E-state index is 0.150. The summed E-state index contributed by atoms with van der Waals surface area (Å²) in [6, 6.07) is 0. The van der Waals surface area contributed by atoms with Crippen LogP contribution in [0, 0.1) is 10.8 Å². The Bertz CT molecular complexity index is 286. The summed E-state index contributed by atoms with van der Waals surface area (Å²) in [4.78, 5) is 12.6. The molecule has 1 fully saturated rings. The number of hydrogen-bond acceptors (Lipinski definition) is 3.